The Labute approximate surface area is 93.2 Å². The zero-order valence-electron chi connectivity index (χ0n) is 9.37. The molecule has 0 unspecified atom stereocenters. The Morgan fingerprint density at radius 2 is 1.64 bits per heavy atom. The molecule has 0 amide bonds. The maximum absolute atomic E-state index is 4.46. The van der Waals surface area contributed by atoms with Gasteiger partial charge in [-0.3, -0.25) is 4.31 Å². The van der Waals surface area contributed by atoms with E-state index in [4.69, 9.17) is 0 Å². The first kappa shape index (κ1) is 10.8. The van der Waals surface area contributed by atoms with Gasteiger partial charge in [0, 0.05) is 19.1 Å². The largest absolute Gasteiger partial charge is 0.301 e. The number of nitrogens with zero attached hydrogens (tertiary/aromatic N) is 2. The lowest BCUT2D eigenvalue weighted by Gasteiger charge is -2.40. The van der Waals surface area contributed by atoms with Crippen LogP contribution in [0.5, 0.6) is 0 Å². The highest BCUT2D eigenvalue weighted by Crippen LogP contribution is 2.41. The monoisotopic (exact) mass is 214 g/mol. The Morgan fingerprint density at radius 3 is 2.07 bits per heavy atom. The van der Waals surface area contributed by atoms with Crippen molar-refractivity contribution < 1.29 is 0 Å². The van der Waals surface area contributed by atoms with Crippen molar-refractivity contribution >= 4 is 12.8 Å². The summed E-state index contributed by atoms with van der Waals surface area (Å²) in [4.78, 5) is 2.60. The summed E-state index contributed by atoms with van der Waals surface area (Å²) in [5.74, 6) is 0. The molecule has 2 aliphatic rings. The summed E-state index contributed by atoms with van der Waals surface area (Å²) in [5, 5.41) is 0. The highest BCUT2D eigenvalue weighted by molar-refractivity contribution is 7.77. The Bertz CT molecular complexity index is 197. The first-order chi connectivity index (χ1) is 6.61. The van der Waals surface area contributed by atoms with Crippen LogP contribution in [0, 0.1) is 5.41 Å². The van der Waals surface area contributed by atoms with Gasteiger partial charge in [-0.15, -0.1) is 0 Å². The molecule has 2 saturated heterocycles. The van der Waals surface area contributed by atoms with Gasteiger partial charge in [0.1, 0.15) is 0 Å². The fourth-order valence-electron chi connectivity index (χ4n) is 2.83. The van der Waals surface area contributed by atoms with Crippen molar-refractivity contribution in [2.45, 2.75) is 39.2 Å². The van der Waals surface area contributed by atoms with Crippen LogP contribution < -0.4 is 0 Å². The van der Waals surface area contributed by atoms with E-state index in [-0.39, 0.29) is 0 Å². The van der Waals surface area contributed by atoms with Crippen LogP contribution in [-0.2, 0) is 0 Å². The SMILES string of the molecule is CC(C)N1CCC2(CCN(S)C2)CC1. The first-order valence-corrected chi connectivity index (χ1v) is 6.19. The minimum Gasteiger partial charge on any atom is -0.301 e. The minimum atomic E-state index is 0.618. The molecule has 82 valence electrons. The maximum Gasteiger partial charge on any atom is 0.0145 e. The van der Waals surface area contributed by atoms with Crippen molar-refractivity contribution in [3.05, 3.63) is 0 Å². The molecular weight excluding hydrogens is 192 g/mol. The van der Waals surface area contributed by atoms with Gasteiger partial charge in [-0.25, -0.2) is 0 Å². The summed E-state index contributed by atoms with van der Waals surface area (Å²) in [6, 6.07) is 0.723. The first-order valence-electron chi connectivity index (χ1n) is 5.79. The third kappa shape index (κ3) is 2.10. The highest BCUT2D eigenvalue weighted by atomic mass is 32.1. The summed E-state index contributed by atoms with van der Waals surface area (Å²) in [6.07, 6.45) is 4.12. The van der Waals surface area contributed by atoms with Crippen LogP contribution in [0.1, 0.15) is 33.1 Å². The zero-order valence-corrected chi connectivity index (χ0v) is 10.3. The molecule has 0 atom stereocenters. The van der Waals surface area contributed by atoms with Gasteiger partial charge < -0.3 is 4.90 Å². The summed E-state index contributed by atoms with van der Waals surface area (Å²) in [5.41, 5.74) is 0.618. The van der Waals surface area contributed by atoms with Crippen LogP contribution in [0.2, 0.25) is 0 Å². The van der Waals surface area contributed by atoms with Crippen molar-refractivity contribution in [3.8, 4) is 0 Å². The summed E-state index contributed by atoms with van der Waals surface area (Å²) < 4.78 is 2.20. The second kappa shape index (κ2) is 4.03. The zero-order chi connectivity index (χ0) is 10.2. The molecule has 0 aromatic carbocycles. The van der Waals surface area contributed by atoms with Gasteiger partial charge in [0.05, 0.1) is 0 Å². The number of rotatable bonds is 1. The molecule has 0 bridgehead atoms. The average molecular weight is 214 g/mol. The van der Waals surface area contributed by atoms with Crippen molar-refractivity contribution in [1.29, 1.82) is 0 Å². The predicted octanol–water partition coefficient (Wildman–Crippen LogP) is 2.03. The molecule has 0 aromatic rings. The van der Waals surface area contributed by atoms with Crippen molar-refractivity contribution in [1.82, 2.24) is 9.21 Å². The van der Waals surface area contributed by atoms with Crippen LogP contribution in [-0.4, -0.2) is 41.4 Å². The second-order valence-corrected chi connectivity index (χ2v) is 5.83. The van der Waals surface area contributed by atoms with Crippen molar-refractivity contribution in [2.75, 3.05) is 26.2 Å². The quantitative estimate of drug-likeness (QED) is 0.667. The van der Waals surface area contributed by atoms with Gasteiger partial charge in [0.2, 0.25) is 0 Å². The van der Waals surface area contributed by atoms with Crippen LogP contribution in [0.15, 0.2) is 0 Å². The molecule has 2 aliphatic heterocycles. The van der Waals surface area contributed by atoms with E-state index < -0.39 is 0 Å². The third-order valence-electron chi connectivity index (χ3n) is 4.01. The molecule has 0 saturated carbocycles. The molecule has 0 aliphatic carbocycles. The fraction of sp³-hybridized carbons (Fsp3) is 1.00. The molecule has 0 radical (unpaired) electrons. The lowest BCUT2D eigenvalue weighted by Crippen LogP contribution is -2.43. The number of piperidine rings is 1. The van der Waals surface area contributed by atoms with Crippen molar-refractivity contribution in [3.63, 3.8) is 0 Å². The van der Waals surface area contributed by atoms with Gasteiger partial charge in [0.15, 0.2) is 0 Å². The number of likely N-dealkylation sites (tertiary alicyclic amines) is 1. The van der Waals surface area contributed by atoms with Crippen LogP contribution in [0.4, 0.5) is 0 Å². The van der Waals surface area contributed by atoms with Gasteiger partial charge in [-0.1, -0.05) is 12.8 Å². The van der Waals surface area contributed by atoms with Crippen LogP contribution in [0.25, 0.3) is 0 Å². The average Bonchev–Trinajstić information content (AvgIpc) is 2.48. The Kier molecular flexibility index (Phi) is 3.10. The van der Waals surface area contributed by atoms with Gasteiger partial charge in [-0.05, 0) is 51.6 Å². The molecule has 1 spiro atoms. The van der Waals surface area contributed by atoms with E-state index in [9.17, 15) is 0 Å². The summed E-state index contributed by atoms with van der Waals surface area (Å²) in [7, 11) is 0. The molecule has 3 heteroatoms. The van der Waals surface area contributed by atoms with E-state index in [0.717, 1.165) is 6.04 Å². The minimum absolute atomic E-state index is 0.618. The smallest absolute Gasteiger partial charge is 0.0145 e. The number of hydrogen-bond acceptors (Lipinski definition) is 3. The number of thiol groups is 1. The molecule has 2 nitrogen and oxygen atoms in total. The summed E-state index contributed by atoms with van der Waals surface area (Å²) in [6.45, 7) is 9.58. The topological polar surface area (TPSA) is 6.48 Å². The molecule has 2 fully saturated rings. The fourth-order valence-corrected chi connectivity index (χ4v) is 3.23. The lowest BCUT2D eigenvalue weighted by atomic mass is 9.77. The van der Waals surface area contributed by atoms with E-state index in [2.05, 4.69) is 35.9 Å². The number of hydrogen-bond donors (Lipinski definition) is 1. The molecule has 14 heavy (non-hydrogen) atoms. The van der Waals surface area contributed by atoms with Gasteiger partial charge in [-0.2, -0.15) is 0 Å². The lowest BCUT2D eigenvalue weighted by molar-refractivity contribution is 0.0927. The Morgan fingerprint density at radius 1 is 1.07 bits per heavy atom. The van der Waals surface area contributed by atoms with Gasteiger partial charge >= 0.3 is 0 Å². The van der Waals surface area contributed by atoms with E-state index >= 15 is 0 Å². The molecule has 2 rings (SSSR count). The van der Waals surface area contributed by atoms with E-state index in [1.165, 1.54) is 45.4 Å². The molecular formula is C11H22N2S. The summed E-state index contributed by atoms with van der Waals surface area (Å²) >= 11 is 4.46. The third-order valence-corrected chi connectivity index (χ3v) is 4.35. The Balaban J connectivity index is 1.89. The van der Waals surface area contributed by atoms with Crippen LogP contribution in [0.3, 0.4) is 0 Å². The Hall–Kier alpha value is 0.270. The van der Waals surface area contributed by atoms with Crippen LogP contribution >= 0.6 is 12.8 Å². The van der Waals surface area contributed by atoms with Gasteiger partial charge in [0.25, 0.3) is 0 Å². The molecule has 2 heterocycles. The standard InChI is InChI=1S/C11H22N2S/c1-10(2)12-6-3-11(4-7-12)5-8-13(14)9-11/h10,14H,3-9H2,1-2H3. The predicted molar refractivity (Wildman–Crippen MR) is 63.6 cm³/mol. The highest BCUT2D eigenvalue weighted by Gasteiger charge is 2.39. The maximum atomic E-state index is 4.46. The molecule has 0 N–H and O–H groups in total. The second-order valence-electron chi connectivity index (χ2n) is 5.27. The van der Waals surface area contributed by atoms with Crippen molar-refractivity contribution in [2.24, 2.45) is 5.41 Å². The van der Waals surface area contributed by atoms with E-state index in [1.54, 1.807) is 0 Å². The molecule has 0 aromatic heterocycles. The van der Waals surface area contributed by atoms with E-state index in [0.29, 0.717) is 5.41 Å². The van der Waals surface area contributed by atoms with E-state index in [1.807, 2.05) is 0 Å². The normalized spacial score (nSPS) is 29.1.